The van der Waals surface area contributed by atoms with E-state index in [0.717, 1.165) is 19.3 Å². The second kappa shape index (κ2) is 5.05. The summed E-state index contributed by atoms with van der Waals surface area (Å²) in [6.07, 6.45) is 4.39. The average molecular weight is 184 g/mol. The lowest BCUT2D eigenvalue weighted by Crippen LogP contribution is -2.28. The van der Waals surface area contributed by atoms with Gasteiger partial charge >= 0.3 is 5.97 Å². The van der Waals surface area contributed by atoms with Crippen molar-refractivity contribution in [2.45, 2.75) is 40.0 Å². The van der Waals surface area contributed by atoms with Gasteiger partial charge < -0.3 is 5.11 Å². The summed E-state index contributed by atoms with van der Waals surface area (Å²) in [6, 6.07) is 0. The molecule has 0 saturated carbocycles. The van der Waals surface area contributed by atoms with Gasteiger partial charge in [-0.15, -0.1) is 6.58 Å². The molecule has 1 atom stereocenters. The number of unbranched alkanes of at least 4 members (excludes halogenated alkanes) is 1. The number of allylic oxidation sites excluding steroid dienone is 1. The first-order chi connectivity index (χ1) is 5.89. The first-order valence-electron chi connectivity index (χ1n) is 4.73. The summed E-state index contributed by atoms with van der Waals surface area (Å²) in [7, 11) is 0. The molecule has 0 heterocycles. The lowest BCUT2D eigenvalue weighted by Gasteiger charge is -2.26. The molecule has 2 nitrogen and oxygen atoms in total. The van der Waals surface area contributed by atoms with E-state index >= 15 is 0 Å². The highest BCUT2D eigenvalue weighted by Gasteiger charge is 2.30. The summed E-state index contributed by atoms with van der Waals surface area (Å²) in [5.41, 5.74) is -0.146. The van der Waals surface area contributed by atoms with Crippen LogP contribution in [0.2, 0.25) is 0 Å². The number of rotatable bonds is 5. The molecule has 0 spiro atoms. The molecule has 0 amide bonds. The van der Waals surface area contributed by atoms with Crippen LogP contribution in [0.5, 0.6) is 0 Å². The third kappa shape index (κ3) is 4.71. The van der Waals surface area contributed by atoms with Gasteiger partial charge in [0.15, 0.2) is 0 Å². The molecule has 0 radical (unpaired) electrons. The van der Waals surface area contributed by atoms with Crippen LogP contribution in [-0.2, 0) is 4.79 Å². The van der Waals surface area contributed by atoms with E-state index in [4.69, 9.17) is 5.11 Å². The van der Waals surface area contributed by atoms with E-state index in [9.17, 15) is 4.79 Å². The van der Waals surface area contributed by atoms with Gasteiger partial charge in [-0.25, -0.2) is 0 Å². The van der Waals surface area contributed by atoms with Crippen LogP contribution in [0, 0.1) is 11.3 Å². The minimum atomic E-state index is -0.684. The van der Waals surface area contributed by atoms with Crippen LogP contribution in [0.15, 0.2) is 12.7 Å². The summed E-state index contributed by atoms with van der Waals surface area (Å²) in [6.45, 7) is 9.53. The van der Waals surface area contributed by atoms with Gasteiger partial charge in [0, 0.05) is 0 Å². The van der Waals surface area contributed by atoms with Crippen molar-refractivity contribution in [3.8, 4) is 0 Å². The summed E-state index contributed by atoms with van der Waals surface area (Å²) in [5.74, 6) is -0.927. The van der Waals surface area contributed by atoms with Gasteiger partial charge in [-0.3, -0.25) is 4.79 Å². The maximum atomic E-state index is 10.9. The van der Waals surface area contributed by atoms with Crippen molar-refractivity contribution in [2.24, 2.45) is 11.3 Å². The zero-order valence-corrected chi connectivity index (χ0v) is 8.84. The van der Waals surface area contributed by atoms with Crippen molar-refractivity contribution in [1.82, 2.24) is 0 Å². The molecule has 0 saturated heterocycles. The molecule has 0 aromatic carbocycles. The first-order valence-corrected chi connectivity index (χ1v) is 4.73. The predicted molar refractivity (Wildman–Crippen MR) is 54.6 cm³/mol. The molecule has 13 heavy (non-hydrogen) atoms. The first kappa shape index (κ1) is 12.2. The fourth-order valence-electron chi connectivity index (χ4n) is 1.39. The maximum absolute atomic E-state index is 10.9. The lowest BCUT2D eigenvalue weighted by atomic mass is 9.78. The van der Waals surface area contributed by atoms with E-state index < -0.39 is 5.97 Å². The molecule has 0 fully saturated rings. The van der Waals surface area contributed by atoms with Crippen LogP contribution in [0.25, 0.3) is 0 Å². The van der Waals surface area contributed by atoms with Gasteiger partial charge in [-0.2, -0.15) is 0 Å². The molecular formula is C11H20O2. The summed E-state index contributed by atoms with van der Waals surface area (Å²) >= 11 is 0. The maximum Gasteiger partial charge on any atom is 0.307 e. The average Bonchev–Trinajstić information content (AvgIpc) is 1.94. The fourth-order valence-corrected chi connectivity index (χ4v) is 1.39. The number of aliphatic carboxylic acids is 1. The summed E-state index contributed by atoms with van der Waals surface area (Å²) in [5, 5.41) is 8.98. The van der Waals surface area contributed by atoms with Crippen LogP contribution in [0.4, 0.5) is 0 Å². The highest BCUT2D eigenvalue weighted by Crippen LogP contribution is 2.30. The summed E-state index contributed by atoms with van der Waals surface area (Å²) < 4.78 is 0. The topological polar surface area (TPSA) is 37.3 Å². The third-order valence-electron chi connectivity index (χ3n) is 2.24. The van der Waals surface area contributed by atoms with Crippen molar-refractivity contribution >= 4 is 5.97 Å². The second-order valence-corrected chi connectivity index (χ2v) is 4.48. The quantitative estimate of drug-likeness (QED) is 0.526. The van der Waals surface area contributed by atoms with Crippen molar-refractivity contribution in [2.75, 3.05) is 0 Å². The number of carbonyl (C=O) groups is 1. The predicted octanol–water partition coefficient (Wildman–Crippen LogP) is 3.09. The van der Waals surface area contributed by atoms with E-state index in [1.54, 1.807) is 0 Å². The number of hydrogen-bond acceptors (Lipinski definition) is 1. The molecule has 0 aliphatic rings. The number of carboxylic acids is 1. The van der Waals surface area contributed by atoms with E-state index in [2.05, 4.69) is 6.58 Å². The molecule has 0 aliphatic heterocycles. The van der Waals surface area contributed by atoms with Crippen molar-refractivity contribution < 1.29 is 9.90 Å². The number of hydrogen-bond donors (Lipinski definition) is 1. The second-order valence-electron chi connectivity index (χ2n) is 4.48. The Kier molecular flexibility index (Phi) is 4.74. The van der Waals surface area contributed by atoms with E-state index in [1.165, 1.54) is 0 Å². The largest absolute Gasteiger partial charge is 0.481 e. The molecule has 1 unspecified atom stereocenters. The Labute approximate surface area is 80.7 Å². The van der Waals surface area contributed by atoms with Gasteiger partial charge in [0.05, 0.1) is 5.92 Å². The zero-order valence-electron chi connectivity index (χ0n) is 8.84. The normalized spacial score (nSPS) is 13.8. The number of carboxylic acid groups (broad SMARTS) is 1. The minimum Gasteiger partial charge on any atom is -0.481 e. The standard InChI is InChI=1S/C11H20O2/c1-5-6-7-8-9(10(12)13)11(2,3)4/h5,9H,1,6-8H2,2-4H3,(H,12,13). The molecule has 0 rings (SSSR count). The van der Waals surface area contributed by atoms with E-state index in [1.807, 2.05) is 26.8 Å². The summed E-state index contributed by atoms with van der Waals surface area (Å²) in [4.78, 5) is 10.9. The Morgan fingerprint density at radius 3 is 2.38 bits per heavy atom. The van der Waals surface area contributed by atoms with Gasteiger partial charge in [-0.1, -0.05) is 26.8 Å². The molecule has 0 aliphatic carbocycles. The smallest absolute Gasteiger partial charge is 0.307 e. The van der Waals surface area contributed by atoms with Gasteiger partial charge in [0.1, 0.15) is 0 Å². The van der Waals surface area contributed by atoms with E-state index in [-0.39, 0.29) is 11.3 Å². The van der Waals surface area contributed by atoms with Crippen molar-refractivity contribution in [3.63, 3.8) is 0 Å². The molecule has 0 aromatic heterocycles. The molecule has 2 heteroatoms. The molecule has 76 valence electrons. The van der Waals surface area contributed by atoms with Crippen LogP contribution in [-0.4, -0.2) is 11.1 Å². The molecule has 1 N–H and O–H groups in total. The van der Waals surface area contributed by atoms with Gasteiger partial charge in [-0.05, 0) is 24.7 Å². The van der Waals surface area contributed by atoms with Crippen LogP contribution < -0.4 is 0 Å². The Morgan fingerprint density at radius 1 is 1.54 bits per heavy atom. The molecule has 0 aromatic rings. The monoisotopic (exact) mass is 184 g/mol. The van der Waals surface area contributed by atoms with Crippen LogP contribution in [0.1, 0.15) is 40.0 Å². The highest BCUT2D eigenvalue weighted by molar-refractivity contribution is 5.70. The van der Waals surface area contributed by atoms with Crippen LogP contribution >= 0.6 is 0 Å². The van der Waals surface area contributed by atoms with Crippen LogP contribution in [0.3, 0.4) is 0 Å². The Morgan fingerprint density at radius 2 is 2.08 bits per heavy atom. The fraction of sp³-hybridized carbons (Fsp3) is 0.727. The third-order valence-corrected chi connectivity index (χ3v) is 2.24. The van der Waals surface area contributed by atoms with Crippen molar-refractivity contribution in [3.05, 3.63) is 12.7 Å². The zero-order chi connectivity index (χ0) is 10.5. The molecular weight excluding hydrogens is 164 g/mol. The van der Waals surface area contributed by atoms with E-state index in [0.29, 0.717) is 0 Å². The Hall–Kier alpha value is -0.790. The lowest BCUT2D eigenvalue weighted by molar-refractivity contribution is -0.145. The Balaban J connectivity index is 4.12. The SMILES string of the molecule is C=CCCCC(C(=O)O)C(C)(C)C. The van der Waals surface area contributed by atoms with Gasteiger partial charge in [0.2, 0.25) is 0 Å². The van der Waals surface area contributed by atoms with Crippen molar-refractivity contribution in [1.29, 1.82) is 0 Å². The molecule has 0 bridgehead atoms. The van der Waals surface area contributed by atoms with Gasteiger partial charge in [0.25, 0.3) is 0 Å². The highest BCUT2D eigenvalue weighted by atomic mass is 16.4. The minimum absolute atomic E-state index is 0.146. The Bertz CT molecular complexity index is 177.